The third-order valence-electron chi connectivity index (χ3n) is 5.72. The molecule has 1 heterocycles. The van der Waals surface area contributed by atoms with E-state index in [0.29, 0.717) is 6.79 Å². The highest BCUT2D eigenvalue weighted by atomic mass is 16.7. The fourth-order valence-electron chi connectivity index (χ4n) is 3.71. The molecule has 176 valence electrons. The quantitative estimate of drug-likeness (QED) is 0.529. The van der Waals surface area contributed by atoms with Crippen molar-refractivity contribution < 1.29 is 14.3 Å². The monoisotopic (exact) mass is 424 g/mol. The van der Waals surface area contributed by atoms with Gasteiger partial charge in [-0.1, -0.05) is 49.8 Å². The largest absolute Gasteiger partial charge is 0.352 e. The highest BCUT2D eigenvalue weighted by Crippen LogP contribution is 2.31. The Bertz CT molecular complexity index is 493. The van der Waals surface area contributed by atoms with E-state index in [1.54, 1.807) is 6.08 Å². The van der Waals surface area contributed by atoms with Gasteiger partial charge in [0.25, 0.3) is 0 Å². The Hall–Kier alpha value is -1.17. The molecule has 30 heavy (non-hydrogen) atoms. The number of rotatable bonds is 7. The smallest absolute Gasteiger partial charge is 0.233 e. The number of carbonyl (C=O) groups excluding carboxylic acids is 1. The van der Waals surface area contributed by atoms with Crippen molar-refractivity contribution in [1.82, 2.24) is 5.32 Å². The van der Waals surface area contributed by atoms with Crippen LogP contribution in [0.25, 0.3) is 0 Å². The lowest BCUT2D eigenvalue weighted by Gasteiger charge is -2.29. The topological polar surface area (TPSA) is 73.6 Å². The summed E-state index contributed by atoms with van der Waals surface area (Å²) in [6.07, 6.45) is 13.5. The van der Waals surface area contributed by atoms with Gasteiger partial charge in [0.05, 0.1) is 18.2 Å². The Morgan fingerprint density at radius 2 is 1.80 bits per heavy atom. The van der Waals surface area contributed by atoms with E-state index in [0.717, 1.165) is 25.2 Å². The summed E-state index contributed by atoms with van der Waals surface area (Å²) in [7, 11) is 0. The number of amides is 1. The predicted octanol–water partition coefficient (Wildman–Crippen LogP) is 5.50. The molecule has 2 aliphatic rings. The molecule has 2 rings (SSSR count). The molecular weight excluding hydrogens is 376 g/mol. The van der Waals surface area contributed by atoms with E-state index in [2.05, 4.69) is 45.7 Å². The van der Waals surface area contributed by atoms with E-state index in [9.17, 15) is 4.79 Å². The summed E-state index contributed by atoms with van der Waals surface area (Å²) in [4.78, 5) is 11.7. The lowest BCUT2D eigenvalue weighted by molar-refractivity contribution is -0.120. The van der Waals surface area contributed by atoms with Gasteiger partial charge in [0, 0.05) is 6.04 Å². The van der Waals surface area contributed by atoms with Gasteiger partial charge >= 0.3 is 0 Å². The van der Waals surface area contributed by atoms with E-state index >= 15 is 0 Å². The number of nitrogens with two attached hydrogens (primary N) is 1. The molecule has 0 aromatic heterocycles. The summed E-state index contributed by atoms with van der Waals surface area (Å²) in [6.45, 7) is 16.0. The molecule has 5 heteroatoms. The van der Waals surface area contributed by atoms with Crippen LogP contribution in [0.3, 0.4) is 0 Å². The molecule has 2 atom stereocenters. The second-order valence-electron chi connectivity index (χ2n) is 9.08. The average Bonchev–Trinajstić information content (AvgIpc) is 3.05. The normalized spacial score (nSPS) is 21.2. The molecule has 2 fully saturated rings. The molecule has 5 nitrogen and oxygen atoms in total. The Morgan fingerprint density at radius 1 is 1.23 bits per heavy atom. The molecule has 1 saturated heterocycles. The fourth-order valence-corrected chi connectivity index (χ4v) is 3.71. The van der Waals surface area contributed by atoms with Gasteiger partial charge in [-0.3, -0.25) is 4.79 Å². The SMILES string of the molecule is C=CC.CC1(C)OCOC1CCC(CC1CCCCC1)NC(=O)CN.CC=C(C)C. The summed E-state index contributed by atoms with van der Waals surface area (Å²) < 4.78 is 11.3. The molecule has 0 bridgehead atoms. The van der Waals surface area contributed by atoms with Crippen molar-refractivity contribution in [2.75, 3.05) is 13.3 Å². The molecule has 1 saturated carbocycles. The van der Waals surface area contributed by atoms with E-state index in [1.165, 1.54) is 37.7 Å². The Balaban J connectivity index is 0.000000902. The zero-order valence-electron chi connectivity index (χ0n) is 20.5. The second-order valence-corrected chi connectivity index (χ2v) is 9.08. The van der Waals surface area contributed by atoms with Gasteiger partial charge in [-0.25, -0.2) is 0 Å². The second kappa shape index (κ2) is 16.5. The van der Waals surface area contributed by atoms with E-state index < -0.39 is 0 Å². The van der Waals surface area contributed by atoms with Gasteiger partial charge in [-0.15, -0.1) is 6.58 Å². The third-order valence-corrected chi connectivity index (χ3v) is 5.72. The van der Waals surface area contributed by atoms with Crippen LogP contribution in [0, 0.1) is 5.92 Å². The number of allylic oxidation sites excluding steroid dienone is 3. The lowest BCUT2D eigenvalue weighted by Crippen LogP contribution is -2.41. The van der Waals surface area contributed by atoms with Crippen LogP contribution in [-0.4, -0.2) is 37.0 Å². The molecule has 0 aromatic carbocycles. The van der Waals surface area contributed by atoms with Crippen LogP contribution in [0.4, 0.5) is 0 Å². The number of nitrogens with one attached hydrogen (secondary N) is 1. The van der Waals surface area contributed by atoms with Gasteiger partial charge in [-0.05, 0) is 66.7 Å². The fraction of sp³-hybridized carbons (Fsp3) is 0.800. The molecule has 0 radical (unpaired) electrons. The molecule has 0 aromatic rings. The molecule has 2 unspecified atom stereocenters. The van der Waals surface area contributed by atoms with Crippen LogP contribution < -0.4 is 11.1 Å². The van der Waals surface area contributed by atoms with Crippen molar-refractivity contribution in [3.63, 3.8) is 0 Å². The maximum atomic E-state index is 11.7. The van der Waals surface area contributed by atoms with Crippen molar-refractivity contribution in [1.29, 1.82) is 0 Å². The van der Waals surface area contributed by atoms with Crippen molar-refractivity contribution in [2.24, 2.45) is 11.7 Å². The van der Waals surface area contributed by atoms with Crippen LogP contribution in [0.1, 0.15) is 92.9 Å². The van der Waals surface area contributed by atoms with Crippen LogP contribution in [-0.2, 0) is 14.3 Å². The van der Waals surface area contributed by atoms with Crippen LogP contribution in [0.5, 0.6) is 0 Å². The van der Waals surface area contributed by atoms with E-state index in [4.69, 9.17) is 15.2 Å². The first-order valence-corrected chi connectivity index (χ1v) is 11.6. The zero-order valence-corrected chi connectivity index (χ0v) is 20.5. The standard InChI is InChI=1S/C17H32N2O3.C5H10.C3H6/c1-17(2)15(21-12-22-17)9-8-14(19-16(20)11-18)10-13-6-4-3-5-7-13;1-4-5(2)3;1-3-2/h13-15H,3-12,18H2,1-2H3,(H,19,20);4H,1-3H3;3H,1H2,2H3. The first-order valence-electron chi connectivity index (χ1n) is 11.6. The summed E-state index contributed by atoms with van der Waals surface area (Å²) in [5.74, 6) is 0.689. The first-order chi connectivity index (χ1) is 14.2. The van der Waals surface area contributed by atoms with Crippen molar-refractivity contribution in [2.45, 2.75) is 111 Å². The minimum Gasteiger partial charge on any atom is -0.352 e. The van der Waals surface area contributed by atoms with Gasteiger partial charge in [0.2, 0.25) is 5.91 Å². The predicted molar refractivity (Wildman–Crippen MR) is 127 cm³/mol. The first kappa shape index (κ1) is 28.8. The Labute approximate surface area is 185 Å². The van der Waals surface area contributed by atoms with Crippen LogP contribution in [0.15, 0.2) is 24.3 Å². The molecule has 0 spiro atoms. The number of carbonyl (C=O) groups is 1. The molecule has 1 aliphatic heterocycles. The summed E-state index contributed by atoms with van der Waals surface area (Å²) in [6, 6.07) is 0.208. The zero-order chi connectivity index (χ0) is 23.0. The summed E-state index contributed by atoms with van der Waals surface area (Å²) in [5.41, 5.74) is 6.61. The average molecular weight is 425 g/mol. The van der Waals surface area contributed by atoms with Crippen molar-refractivity contribution >= 4 is 5.91 Å². The van der Waals surface area contributed by atoms with Crippen LogP contribution >= 0.6 is 0 Å². The van der Waals surface area contributed by atoms with Crippen molar-refractivity contribution in [3.05, 3.63) is 24.3 Å². The van der Waals surface area contributed by atoms with E-state index in [-0.39, 0.29) is 30.2 Å². The number of hydrogen-bond acceptors (Lipinski definition) is 4. The Kier molecular flexibility index (Phi) is 15.9. The van der Waals surface area contributed by atoms with Crippen LogP contribution in [0.2, 0.25) is 0 Å². The summed E-state index contributed by atoms with van der Waals surface area (Å²) >= 11 is 0. The Morgan fingerprint density at radius 3 is 2.23 bits per heavy atom. The highest BCUT2D eigenvalue weighted by Gasteiger charge is 2.37. The minimum absolute atomic E-state index is 0.0522. The molecule has 1 aliphatic carbocycles. The minimum atomic E-state index is -0.229. The molecular formula is C25H48N2O3. The number of ether oxygens (including phenoxy) is 2. The van der Waals surface area contributed by atoms with Gasteiger partial charge < -0.3 is 20.5 Å². The molecule has 3 N–H and O–H groups in total. The van der Waals surface area contributed by atoms with Gasteiger partial charge in [-0.2, -0.15) is 0 Å². The third kappa shape index (κ3) is 13.2. The number of hydrogen-bond donors (Lipinski definition) is 2. The highest BCUT2D eigenvalue weighted by molar-refractivity contribution is 5.78. The van der Waals surface area contributed by atoms with Gasteiger partial charge in [0.15, 0.2) is 0 Å². The van der Waals surface area contributed by atoms with Gasteiger partial charge in [0.1, 0.15) is 6.79 Å². The maximum absolute atomic E-state index is 11.7. The van der Waals surface area contributed by atoms with Crippen molar-refractivity contribution in [3.8, 4) is 0 Å². The lowest BCUT2D eigenvalue weighted by atomic mass is 9.83. The van der Waals surface area contributed by atoms with E-state index in [1.807, 2.05) is 13.8 Å². The molecule has 1 amide bonds. The summed E-state index contributed by atoms with van der Waals surface area (Å²) in [5, 5.41) is 3.10. The maximum Gasteiger partial charge on any atom is 0.233 e.